The molecule has 0 fully saturated rings. The van der Waals surface area contributed by atoms with Crippen LogP contribution in [0.15, 0.2) is 109 Å². The Labute approximate surface area is 218 Å². The average molecular weight is 511 g/mol. The van der Waals surface area contributed by atoms with E-state index in [9.17, 15) is 10.2 Å². The number of aromatic nitrogens is 2. The second kappa shape index (κ2) is 8.66. The van der Waals surface area contributed by atoms with Gasteiger partial charge in [0.05, 0.1) is 11.3 Å². The lowest BCUT2D eigenvalue weighted by Gasteiger charge is -2.40. The third-order valence-corrected chi connectivity index (χ3v) is 7.44. The number of halogens is 2. The Morgan fingerprint density at radius 2 is 1.31 bits per heavy atom. The summed E-state index contributed by atoms with van der Waals surface area (Å²) in [5, 5.41) is 25.7. The Morgan fingerprint density at radius 3 is 1.97 bits per heavy atom. The number of pyridine rings is 2. The third-order valence-electron chi connectivity index (χ3n) is 6.97. The molecule has 3 aromatic carbocycles. The van der Waals surface area contributed by atoms with Gasteiger partial charge in [-0.2, -0.15) is 0 Å². The maximum atomic E-state index is 11.8. The number of phenolic OH excluding ortho intramolecular Hbond substituents is 1. The first-order chi connectivity index (χ1) is 17.5. The SMILES string of the molecule is OC1=CC(c2ccncc2)(c2ccncc2)c2cc(Cl)ccc2C1c1c(O)ccc2cc(Cl)ccc12. The molecule has 2 aromatic heterocycles. The van der Waals surface area contributed by atoms with E-state index in [-0.39, 0.29) is 11.5 Å². The van der Waals surface area contributed by atoms with Crippen molar-refractivity contribution in [2.45, 2.75) is 11.3 Å². The summed E-state index contributed by atoms with van der Waals surface area (Å²) in [5.74, 6) is -0.397. The first-order valence-corrected chi connectivity index (χ1v) is 12.2. The molecule has 1 aliphatic rings. The summed E-state index contributed by atoms with van der Waals surface area (Å²) in [6.45, 7) is 0. The minimum Gasteiger partial charge on any atom is -0.512 e. The molecule has 1 atom stereocenters. The molecule has 2 heterocycles. The number of rotatable bonds is 3. The zero-order chi connectivity index (χ0) is 24.9. The van der Waals surface area contributed by atoms with Crippen molar-refractivity contribution in [3.63, 3.8) is 0 Å². The van der Waals surface area contributed by atoms with Crippen LogP contribution < -0.4 is 0 Å². The highest BCUT2D eigenvalue weighted by atomic mass is 35.5. The molecule has 0 spiro atoms. The van der Waals surface area contributed by atoms with Crippen molar-refractivity contribution in [2.75, 3.05) is 0 Å². The summed E-state index contributed by atoms with van der Waals surface area (Å²) in [6, 6.07) is 22.4. The van der Waals surface area contributed by atoms with E-state index in [0.717, 1.165) is 33.0 Å². The van der Waals surface area contributed by atoms with E-state index in [1.165, 1.54) is 0 Å². The molecule has 36 heavy (non-hydrogen) atoms. The lowest BCUT2D eigenvalue weighted by atomic mass is 9.62. The number of hydrogen-bond donors (Lipinski definition) is 2. The van der Waals surface area contributed by atoms with E-state index >= 15 is 0 Å². The Hall–Kier alpha value is -3.86. The molecule has 1 unspecified atom stereocenters. The Bertz CT molecular complexity index is 1600. The second-order valence-corrected chi connectivity index (χ2v) is 9.75. The van der Waals surface area contributed by atoms with Gasteiger partial charge >= 0.3 is 0 Å². The fourth-order valence-corrected chi connectivity index (χ4v) is 5.81. The van der Waals surface area contributed by atoms with Crippen LogP contribution in [0.5, 0.6) is 5.75 Å². The zero-order valence-corrected chi connectivity index (χ0v) is 20.4. The van der Waals surface area contributed by atoms with E-state index in [2.05, 4.69) is 9.97 Å². The number of aliphatic hydroxyl groups is 1. The highest BCUT2D eigenvalue weighted by Crippen LogP contribution is 2.53. The number of phenols is 1. The van der Waals surface area contributed by atoms with Crippen molar-refractivity contribution in [1.82, 2.24) is 9.97 Å². The number of hydrogen-bond acceptors (Lipinski definition) is 4. The molecule has 6 heteroatoms. The molecule has 1 aliphatic carbocycles. The van der Waals surface area contributed by atoms with E-state index in [1.54, 1.807) is 36.9 Å². The van der Waals surface area contributed by atoms with Crippen molar-refractivity contribution in [3.8, 4) is 5.75 Å². The quantitative estimate of drug-likeness (QED) is 0.262. The van der Waals surface area contributed by atoms with Gasteiger partial charge in [-0.25, -0.2) is 0 Å². The minimum atomic E-state index is -0.851. The highest BCUT2D eigenvalue weighted by Gasteiger charge is 2.44. The van der Waals surface area contributed by atoms with E-state index in [0.29, 0.717) is 15.6 Å². The maximum absolute atomic E-state index is 11.8. The number of allylic oxidation sites excluding steroid dienone is 2. The topological polar surface area (TPSA) is 66.2 Å². The van der Waals surface area contributed by atoms with E-state index < -0.39 is 11.3 Å². The predicted molar refractivity (Wildman–Crippen MR) is 143 cm³/mol. The third kappa shape index (κ3) is 3.45. The monoisotopic (exact) mass is 510 g/mol. The van der Waals surface area contributed by atoms with Gasteiger partial charge in [-0.1, -0.05) is 41.4 Å². The molecule has 0 saturated heterocycles. The molecule has 0 bridgehead atoms. The molecule has 0 saturated carbocycles. The van der Waals surface area contributed by atoms with Crippen LogP contribution in [0.3, 0.4) is 0 Å². The van der Waals surface area contributed by atoms with Gasteiger partial charge in [0.15, 0.2) is 0 Å². The largest absolute Gasteiger partial charge is 0.512 e. The van der Waals surface area contributed by atoms with Crippen molar-refractivity contribution in [3.05, 3.63) is 147 Å². The van der Waals surface area contributed by atoms with Crippen LogP contribution in [0, 0.1) is 0 Å². The number of fused-ring (bicyclic) bond motifs is 2. The molecule has 2 N–H and O–H groups in total. The van der Waals surface area contributed by atoms with E-state index in [1.807, 2.05) is 66.7 Å². The number of aliphatic hydroxyl groups excluding tert-OH is 1. The summed E-state index contributed by atoms with van der Waals surface area (Å²) < 4.78 is 0. The molecule has 6 rings (SSSR count). The van der Waals surface area contributed by atoms with Gasteiger partial charge in [0.25, 0.3) is 0 Å². The molecule has 0 amide bonds. The molecule has 5 aromatic rings. The van der Waals surface area contributed by atoms with Gasteiger partial charge in [0, 0.05) is 40.4 Å². The standard InChI is InChI=1S/C30H20Cl2N2O2/c31-21-2-4-23-18(15-21)1-6-26(35)28(23)29-24-5-3-22(32)16-25(24)30(17-27(29)36,19-7-11-33-12-8-19)20-9-13-34-14-10-20/h1-17,29,35-36H. The predicted octanol–water partition coefficient (Wildman–Crippen LogP) is 7.56. The van der Waals surface area contributed by atoms with Crippen LogP contribution in [0.4, 0.5) is 0 Å². The van der Waals surface area contributed by atoms with Crippen LogP contribution in [-0.2, 0) is 5.41 Å². The summed E-state index contributed by atoms with van der Waals surface area (Å²) in [4.78, 5) is 8.41. The Balaban J connectivity index is 1.72. The summed E-state index contributed by atoms with van der Waals surface area (Å²) in [6.07, 6.45) is 8.80. The lowest BCUT2D eigenvalue weighted by Crippen LogP contribution is -2.33. The molecule has 0 radical (unpaired) electrons. The summed E-state index contributed by atoms with van der Waals surface area (Å²) >= 11 is 12.8. The van der Waals surface area contributed by atoms with Crippen molar-refractivity contribution < 1.29 is 10.2 Å². The van der Waals surface area contributed by atoms with Gasteiger partial charge in [0.2, 0.25) is 0 Å². The van der Waals surface area contributed by atoms with Crippen molar-refractivity contribution >= 4 is 34.0 Å². The van der Waals surface area contributed by atoms with Gasteiger partial charge < -0.3 is 10.2 Å². The molecule has 0 aliphatic heterocycles. The maximum Gasteiger partial charge on any atom is 0.120 e. The fourth-order valence-electron chi connectivity index (χ4n) is 5.46. The molecule has 4 nitrogen and oxygen atoms in total. The fraction of sp³-hybridized carbons (Fsp3) is 0.0667. The molecule has 176 valence electrons. The molecular weight excluding hydrogens is 491 g/mol. The van der Waals surface area contributed by atoms with Crippen LogP contribution >= 0.6 is 23.2 Å². The number of aromatic hydroxyl groups is 1. The zero-order valence-electron chi connectivity index (χ0n) is 18.9. The van der Waals surface area contributed by atoms with Crippen LogP contribution in [0.1, 0.15) is 33.7 Å². The van der Waals surface area contributed by atoms with Gasteiger partial charge in [-0.3, -0.25) is 9.97 Å². The number of nitrogens with zero attached hydrogens (tertiary/aromatic N) is 2. The van der Waals surface area contributed by atoms with Gasteiger partial charge in [-0.05, 0) is 93.7 Å². The van der Waals surface area contributed by atoms with Crippen molar-refractivity contribution in [1.29, 1.82) is 0 Å². The summed E-state index contributed by atoms with van der Waals surface area (Å²) in [7, 11) is 0. The first kappa shape index (κ1) is 22.6. The van der Waals surface area contributed by atoms with Gasteiger partial charge in [-0.15, -0.1) is 0 Å². The van der Waals surface area contributed by atoms with Crippen molar-refractivity contribution in [2.24, 2.45) is 0 Å². The lowest BCUT2D eigenvalue weighted by molar-refractivity contribution is 0.363. The smallest absolute Gasteiger partial charge is 0.120 e. The van der Waals surface area contributed by atoms with Gasteiger partial charge in [0.1, 0.15) is 11.5 Å². The minimum absolute atomic E-state index is 0.0935. The average Bonchev–Trinajstić information content (AvgIpc) is 2.90. The van der Waals surface area contributed by atoms with Crippen LogP contribution in [-0.4, -0.2) is 20.2 Å². The molecular formula is C30H20Cl2N2O2. The van der Waals surface area contributed by atoms with E-state index in [4.69, 9.17) is 23.2 Å². The van der Waals surface area contributed by atoms with Crippen LogP contribution in [0.25, 0.3) is 10.8 Å². The normalized spacial score (nSPS) is 16.4. The Morgan fingerprint density at radius 1 is 0.694 bits per heavy atom. The first-order valence-electron chi connectivity index (χ1n) is 11.4. The highest BCUT2D eigenvalue weighted by molar-refractivity contribution is 6.31. The Kier molecular flexibility index (Phi) is 5.44. The second-order valence-electron chi connectivity index (χ2n) is 8.88. The number of benzene rings is 3. The summed E-state index contributed by atoms with van der Waals surface area (Å²) in [5.41, 5.74) is 3.35. The van der Waals surface area contributed by atoms with Crippen LogP contribution in [0.2, 0.25) is 10.0 Å².